The molecular weight excluding hydrogens is 531 g/mol. The summed E-state index contributed by atoms with van der Waals surface area (Å²) in [7, 11) is -3.72. The van der Waals surface area contributed by atoms with Gasteiger partial charge in [-0.05, 0) is 55.2 Å². The second-order valence-corrected chi connectivity index (χ2v) is 9.69. The minimum Gasteiger partial charge on any atom is -0.477 e. The van der Waals surface area contributed by atoms with E-state index in [2.05, 4.69) is 14.8 Å². The molecule has 4 rings (SSSR count). The van der Waals surface area contributed by atoms with Gasteiger partial charge >= 0.3 is 18.1 Å². The number of carboxylic acid groups (broad SMARTS) is 2. The summed E-state index contributed by atoms with van der Waals surface area (Å²) in [5.74, 6) is -3.81. The lowest BCUT2D eigenvalue weighted by atomic mass is 9.90. The first-order chi connectivity index (χ1) is 17.8. The lowest BCUT2D eigenvalue weighted by Gasteiger charge is -2.14. The summed E-state index contributed by atoms with van der Waals surface area (Å²) >= 11 is 0. The first-order valence-electron chi connectivity index (χ1n) is 10.9. The van der Waals surface area contributed by atoms with Gasteiger partial charge in [0.05, 0.1) is 22.2 Å². The van der Waals surface area contributed by atoms with Crippen LogP contribution in [-0.4, -0.2) is 58.1 Å². The monoisotopic (exact) mass is 551 g/mol. The Hall–Kier alpha value is -4.29. The van der Waals surface area contributed by atoms with Gasteiger partial charge in [0.15, 0.2) is 0 Å². The standard InChI is InChI=1S/C21H19N5O4S.C2HF3O2/c22-12-14-2-5-16(6-3-14)31(29,30)24-9-1-11-26-20(21(27)28)18-7-4-15-13-23-10-8-17(15)19(18)25-26;3-2(4,5)1(6)7/h2-3,5-6,8,10,13,24H,1,4,7,9,11H2,(H,27,28);(H,6,7). The van der Waals surface area contributed by atoms with Gasteiger partial charge in [-0.1, -0.05) is 0 Å². The van der Waals surface area contributed by atoms with Gasteiger partial charge in [0.25, 0.3) is 0 Å². The number of carboxylic acids is 2. The molecule has 1 aromatic carbocycles. The number of alkyl halides is 3. The SMILES string of the molecule is N#Cc1ccc(S(=O)(=O)NCCCn2nc3c(c2C(=O)O)CCc2cnccc2-3)cc1.O=C(O)C(F)(F)F. The van der Waals surface area contributed by atoms with Crippen molar-refractivity contribution in [2.24, 2.45) is 0 Å². The first kappa shape index (κ1) is 28.3. The van der Waals surface area contributed by atoms with Gasteiger partial charge in [-0.3, -0.25) is 9.67 Å². The second kappa shape index (κ2) is 11.4. The highest BCUT2D eigenvalue weighted by atomic mass is 32.2. The highest BCUT2D eigenvalue weighted by molar-refractivity contribution is 7.89. The van der Waals surface area contributed by atoms with Crippen molar-refractivity contribution in [1.82, 2.24) is 19.5 Å². The minimum absolute atomic E-state index is 0.0671. The van der Waals surface area contributed by atoms with Crippen LogP contribution in [0, 0.1) is 11.3 Å². The van der Waals surface area contributed by atoms with E-state index in [0.29, 0.717) is 36.1 Å². The third-order valence-electron chi connectivity index (χ3n) is 5.43. The number of rotatable bonds is 7. The quantitative estimate of drug-likeness (QED) is 0.373. The van der Waals surface area contributed by atoms with Crippen molar-refractivity contribution >= 4 is 22.0 Å². The number of halogens is 3. The molecule has 15 heteroatoms. The fourth-order valence-electron chi connectivity index (χ4n) is 3.70. The number of hydrogen-bond donors (Lipinski definition) is 3. The molecule has 1 aliphatic rings. The van der Waals surface area contributed by atoms with Crippen molar-refractivity contribution in [3.05, 3.63) is 65.1 Å². The molecule has 200 valence electrons. The number of sulfonamides is 1. The maximum Gasteiger partial charge on any atom is 0.490 e. The molecule has 0 bridgehead atoms. The number of aliphatic carboxylic acids is 1. The van der Waals surface area contributed by atoms with Crippen LogP contribution in [0.5, 0.6) is 0 Å². The third kappa shape index (κ3) is 6.52. The van der Waals surface area contributed by atoms with Crippen LogP contribution in [0.15, 0.2) is 47.6 Å². The highest BCUT2D eigenvalue weighted by Crippen LogP contribution is 2.34. The van der Waals surface area contributed by atoms with Crippen molar-refractivity contribution in [2.45, 2.75) is 36.9 Å². The molecule has 3 N–H and O–H groups in total. The molecule has 0 saturated heterocycles. The number of benzene rings is 1. The predicted molar refractivity (Wildman–Crippen MR) is 124 cm³/mol. The zero-order chi connectivity index (χ0) is 28.1. The molecule has 0 radical (unpaired) electrons. The van der Waals surface area contributed by atoms with E-state index in [0.717, 1.165) is 11.1 Å². The summed E-state index contributed by atoms with van der Waals surface area (Å²) in [5.41, 5.74) is 3.79. The molecule has 0 saturated carbocycles. The molecule has 0 aliphatic heterocycles. The van der Waals surface area contributed by atoms with Crippen molar-refractivity contribution in [1.29, 1.82) is 5.26 Å². The molecule has 0 fully saturated rings. The van der Waals surface area contributed by atoms with E-state index >= 15 is 0 Å². The molecule has 2 heterocycles. The number of hydrogen-bond acceptors (Lipinski definition) is 7. The van der Waals surface area contributed by atoms with Gasteiger partial charge in [-0.25, -0.2) is 22.7 Å². The summed E-state index contributed by atoms with van der Waals surface area (Å²) in [6.45, 7) is 0.372. The average molecular weight is 552 g/mol. The van der Waals surface area contributed by atoms with Crippen LogP contribution in [0.2, 0.25) is 0 Å². The lowest BCUT2D eigenvalue weighted by molar-refractivity contribution is -0.192. The van der Waals surface area contributed by atoms with Gasteiger partial charge in [0, 0.05) is 36.6 Å². The van der Waals surface area contributed by atoms with E-state index in [1.165, 1.54) is 28.9 Å². The Bertz CT molecular complexity index is 1500. The third-order valence-corrected chi connectivity index (χ3v) is 6.91. The van der Waals surface area contributed by atoms with Crippen LogP contribution in [0.4, 0.5) is 13.2 Å². The molecule has 38 heavy (non-hydrogen) atoms. The maximum atomic E-state index is 12.4. The van der Waals surface area contributed by atoms with Gasteiger partial charge in [-0.15, -0.1) is 0 Å². The summed E-state index contributed by atoms with van der Waals surface area (Å²) < 4.78 is 60.5. The zero-order valence-corrected chi connectivity index (χ0v) is 20.3. The number of aromatic nitrogens is 3. The van der Waals surface area contributed by atoms with E-state index in [-0.39, 0.29) is 23.7 Å². The molecule has 2 aromatic heterocycles. The van der Waals surface area contributed by atoms with E-state index in [1.54, 1.807) is 12.4 Å². The predicted octanol–water partition coefficient (Wildman–Crippen LogP) is 2.62. The van der Waals surface area contributed by atoms with Crippen LogP contribution in [-0.2, 0) is 34.2 Å². The van der Waals surface area contributed by atoms with Crippen LogP contribution in [0.25, 0.3) is 11.3 Å². The Labute approximate surface area is 214 Å². The average Bonchev–Trinajstić information content (AvgIpc) is 3.26. The van der Waals surface area contributed by atoms with Crippen LogP contribution >= 0.6 is 0 Å². The molecule has 0 unspecified atom stereocenters. The molecule has 0 atom stereocenters. The number of fused-ring (bicyclic) bond motifs is 3. The number of aromatic carboxylic acids is 1. The van der Waals surface area contributed by atoms with Crippen LogP contribution in [0.3, 0.4) is 0 Å². The first-order valence-corrected chi connectivity index (χ1v) is 12.4. The van der Waals surface area contributed by atoms with Gasteiger partial charge in [0.1, 0.15) is 5.69 Å². The topological polar surface area (TPSA) is 175 Å². The molecule has 1 aliphatic carbocycles. The fraction of sp³-hybridized carbons (Fsp3) is 0.261. The number of nitriles is 1. The maximum absolute atomic E-state index is 12.4. The van der Waals surface area contributed by atoms with E-state index in [4.69, 9.17) is 15.2 Å². The molecule has 11 nitrogen and oxygen atoms in total. The smallest absolute Gasteiger partial charge is 0.477 e. The molecule has 0 amide bonds. The van der Waals surface area contributed by atoms with Gasteiger partial charge in [-0.2, -0.15) is 23.5 Å². The van der Waals surface area contributed by atoms with Gasteiger partial charge < -0.3 is 10.2 Å². The second-order valence-electron chi connectivity index (χ2n) is 7.93. The Morgan fingerprint density at radius 2 is 1.79 bits per heavy atom. The van der Waals surface area contributed by atoms with Crippen molar-refractivity contribution < 1.29 is 41.4 Å². The summed E-state index contributed by atoms with van der Waals surface area (Å²) in [6.07, 6.45) is -0.0198. The summed E-state index contributed by atoms with van der Waals surface area (Å²) in [6, 6.07) is 9.40. The highest BCUT2D eigenvalue weighted by Gasteiger charge is 2.38. The Balaban J connectivity index is 0.000000505. The summed E-state index contributed by atoms with van der Waals surface area (Å²) in [4.78, 5) is 25.0. The largest absolute Gasteiger partial charge is 0.490 e. The Kier molecular flexibility index (Phi) is 8.49. The van der Waals surface area contributed by atoms with E-state index in [9.17, 15) is 31.5 Å². The van der Waals surface area contributed by atoms with Crippen molar-refractivity contribution in [2.75, 3.05) is 6.54 Å². The number of carbonyl (C=O) groups is 2. The Morgan fingerprint density at radius 1 is 1.13 bits per heavy atom. The number of aryl methyl sites for hydroxylation is 2. The normalized spacial score (nSPS) is 12.4. The fourth-order valence-corrected chi connectivity index (χ4v) is 4.77. The number of nitrogens with one attached hydrogen (secondary N) is 1. The van der Waals surface area contributed by atoms with Crippen molar-refractivity contribution in [3.63, 3.8) is 0 Å². The molecule has 3 aromatic rings. The van der Waals surface area contributed by atoms with Gasteiger partial charge in [0.2, 0.25) is 10.0 Å². The molecule has 0 spiro atoms. The lowest BCUT2D eigenvalue weighted by Crippen LogP contribution is -2.26. The number of pyridine rings is 1. The summed E-state index contributed by atoms with van der Waals surface area (Å²) in [5, 5.41) is 30.2. The van der Waals surface area contributed by atoms with Crippen LogP contribution in [0.1, 0.15) is 33.6 Å². The minimum atomic E-state index is -5.08. The van der Waals surface area contributed by atoms with Crippen molar-refractivity contribution in [3.8, 4) is 17.3 Å². The van der Waals surface area contributed by atoms with E-state index < -0.39 is 28.1 Å². The zero-order valence-electron chi connectivity index (χ0n) is 19.4. The molecular formula is C23H20F3N5O6S. The van der Waals surface area contributed by atoms with Crippen LogP contribution < -0.4 is 4.72 Å². The van der Waals surface area contributed by atoms with E-state index in [1.807, 2.05) is 12.1 Å². The Morgan fingerprint density at radius 3 is 2.37 bits per heavy atom. The number of nitrogens with zero attached hydrogens (tertiary/aromatic N) is 4.